The number of amidine groups is 1. The van der Waals surface area contributed by atoms with Gasteiger partial charge in [-0.25, -0.2) is 0 Å². The molecule has 114 valence electrons. The van der Waals surface area contributed by atoms with E-state index >= 15 is 0 Å². The van der Waals surface area contributed by atoms with Crippen molar-refractivity contribution in [1.82, 2.24) is 5.32 Å². The van der Waals surface area contributed by atoms with Crippen molar-refractivity contribution >= 4 is 11.7 Å². The predicted molar refractivity (Wildman–Crippen MR) is 78.3 cm³/mol. The van der Waals surface area contributed by atoms with Crippen molar-refractivity contribution in [3.63, 3.8) is 0 Å². The standard InChI is InChI=1S/C15H27N3O2/c1-9-7-15(8-9,13(16)18-20)14(19)17-12-6-4-5-10(2)11(12)3/h9-12,20H,4-8H2,1-3H3,(H2,16,18)(H,17,19). The van der Waals surface area contributed by atoms with Gasteiger partial charge in [-0.15, -0.1) is 0 Å². The Morgan fingerprint density at radius 2 is 1.95 bits per heavy atom. The zero-order valence-electron chi connectivity index (χ0n) is 12.7. The highest BCUT2D eigenvalue weighted by Gasteiger charge is 2.52. The van der Waals surface area contributed by atoms with Crippen molar-refractivity contribution in [1.29, 1.82) is 0 Å². The third kappa shape index (κ3) is 2.50. The Balaban J connectivity index is 2.06. The number of nitrogens with two attached hydrogens (primary N) is 1. The van der Waals surface area contributed by atoms with E-state index in [0.717, 1.165) is 12.8 Å². The number of amides is 1. The second-order valence-electron chi connectivity index (χ2n) is 6.93. The maximum Gasteiger partial charge on any atom is 0.234 e. The molecular formula is C15H27N3O2. The van der Waals surface area contributed by atoms with E-state index in [4.69, 9.17) is 10.9 Å². The molecule has 2 aliphatic carbocycles. The summed E-state index contributed by atoms with van der Waals surface area (Å²) in [5.41, 5.74) is 5.00. The first-order chi connectivity index (χ1) is 9.40. The summed E-state index contributed by atoms with van der Waals surface area (Å²) in [4.78, 5) is 12.6. The first-order valence-corrected chi connectivity index (χ1v) is 7.69. The zero-order chi connectivity index (χ0) is 14.9. The maximum absolute atomic E-state index is 12.6. The highest BCUT2D eigenvalue weighted by molar-refractivity contribution is 6.07. The van der Waals surface area contributed by atoms with Gasteiger partial charge in [0, 0.05) is 6.04 Å². The molecule has 2 aliphatic rings. The SMILES string of the molecule is CC1CC(C(=O)NC2CCCC(C)C2C)(C(N)=NO)C1. The van der Waals surface area contributed by atoms with Gasteiger partial charge < -0.3 is 16.3 Å². The van der Waals surface area contributed by atoms with Gasteiger partial charge in [-0.05, 0) is 37.0 Å². The fourth-order valence-corrected chi connectivity index (χ4v) is 3.83. The monoisotopic (exact) mass is 281 g/mol. The number of carbonyl (C=O) groups excluding carboxylic acids is 1. The summed E-state index contributed by atoms with van der Waals surface area (Å²) in [5, 5.41) is 15.2. The summed E-state index contributed by atoms with van der Waals surface area (Å²) >= 11 is 0. The molecule has 20 heavy (non-hydrogen) atoms. The lowest BCUT2D eigenvalue weighted by molar-refractivity contribution is -0.134. The van der Waals surface area contributed by atoms with Crippen LogP contribution in [0.15, 0.2) is 5.16 Å². The highest BCUT2D eigenvalue weighted by Crippen LogP contribution is 2.46. The predicted octanol–water partition coefficient (Wildman–Crippen LogP) is 2.09. The molecule has 0 saturated heterocycles. The Morgan fingerprint density at radius 1 is 1.30 bits per heavy atom. The molecule has 1 amide bonds. The average Bonchev–Trinajstić information content (AvgIpc) is 2.39. The lowest BCUT2D eigenvalue weighted by Gasteiger charge is -2.45. The Hall–Kier alpha value is -1.26. The van der Waals surface area contributed by atoms with Gasteiger partial charge in [-0.3, -0.25) is 4.79 Å². The van der Waals surface area contributed by atoms with Crippen molar-refractivity contribution < 1.29 is 10.0 Å². The molecule has 0 aliphatic heterocycles. The van der Waals surface area contributed by atoms with Gasteiger partial charge in [-0.1, -0.05) is 38.8 Å². The molecule has 3 atom stereocenters. The zero-order valence-corrected chi connectivity index (χ0v) is 12.7. The van der Waals surface area contributed by atoms with E-state index in [0.29, 0.717) is 30.6 Å². The van der Waals surface area contributed by atoms with Crippen LogP contribution in [0.4, 0.5) is 0 Å². The lowest BCUT2D eigenvalue weighted by atomic mass is 9.61. The summed E-state index contributed by atoms with van der Waals surface area (Å²) < 4.78 is 0. The van der Waals surface area contributed by atoms with Gasteiger partial charge in [0.15, 0.2) is 5.84 Å². The van der Waals surface area contributed by atoms with E-state index < -0.39 is 5.41 Å². The number of oxime groups is 1. The van der Waals surface area contributed by atoms with Crippen LogP contribution in [0.3, 0.4) is 0 Å². The van der Waals surface area contributed by atoms with Gasteiger partial charge in [-0.2, -0.15) is 0 Å². The third-order valence-electron chi connectivity index (χ3n) is 5.45. The Bertz CT molecular complexity index is 402. The Labute approximate surface area is 121 Å². The Kier molecular flexibility index (Phi) is 4.25. The van der Waals surface area contributed by atoms with Crippen molar-refractivity contribution in [2.45, 2.75) is 58.9 Å². The van der Waals surface area contributed by atoms with Gasteiger partial charge >= 0.3 is 0 Å². The fourth-order valence-electron chi connectivity index (χ4n) is 3.83. The average molecular weight is 281 g/mol. The van der Waals surface area contributed by atoms with E-state index in [2.05, 4.69) is 31.2 Å². The molecule has 0 spiro atoms. The lowest BCUT2D eigenvalue weighted by Crippen LogP contribution is -2.59. The maximum atomic E-state index is 12.6. The molecule has 0 heterocycles. The molecule has 4 N–H and O–H groups in total. The molecule has 0 aromatic heterocycles. The summed E-state index contributed by atoms with van der Waals surface area (Å²) in [6, 6.07) is 0.213. The number of hydrogen-bond acceptors (Lipinski definition) is 3. The van der Waals surface area contributed by atoms with Gasteiger partial charge in [0.05, 0.1) is 0 Å². The van der Waals surface area contributed by atoms with Gasteiger partial charge in [0.1, 0.15) is 5.41 Å². The van der Waals surface area contributed by atoms with Crippen LogP contribution in [0.1, 0.15) is 52.9 Å². The molecule has 3 unspecified atom stereocenters. The topological polar surface area (TPSA) is 87.7 Å². The normalized spacial score (nSPS) is 41.9. The van der Waals surface area contributed by atoms with Crippen LogP contribution in [0.2, 0.25) is 0 Å². The number of nitrogens with one attached hydrogen (secondary N) is 1. The highest BCUT2D eigenvalue weighted by atomic mass is 16.4. The van der Waals surface area contributed by atoms with Crippen molar-refractivity contribution in [2.75, 3.05) is 0 Å². The summed E-state index contributed by atoms with van der Waals surface area (Å²) in [5.74, 6) is 1.56. The first kappa shape index (κ1) is 15.1. The van der Waals surface area contributed by atoms with Crippen LogP contribution in [0.5, 0.6) is 0 Å². The largest absolute Gasteiger partial charge is 0.409 e. The molecule has 5 nitrogen and oxygen atoms in total. The molecule has 0 bridgehead atoms. The summed E-state index contributed by atoms with van der Waals surface area (Å²) in [6.07, 6.45) is 4.76. The van der Waals surface area contributed by atoms with Crippen LogP contribution in [0.25, 0.3) is 0 Å². The van der Waals surface area contributed by atoms with Gasteiger partial charge in [0.2, 0.25) is 5.91 Å². The van der Waals surface area contributed by atoms with Crippen molar-refractivity contribution in [3.8, 4) is 0 Å². The molecule has 2 rings (SSSR count). The quantitative estimate of drug-likeness (QED) is 0.320. The van der Waals surface area contributed by atoms with Gasteiger partial charge in [0.25, 0.3) is 0 Å². The van der Waals surface area contributed by atoms with Crippen molar-refractivity contribution in [2.24, 2.45) is 34.1 Å². The minimum atomic E-state index is -0.783. The molecular weight excluding hydrogens is 254 g/mol. The fraction of sp³-hybridized carbons (Fsp3) is 0.867. The van der Waals surface area contributed by atoms with E-state index in [9.17, 15) is 4.79 Å². The molecule has 2 fully saturated rings. The smallest absolute Gasteiger partial charge is 0.234 e. The second-order valence-corrected chi connectivity index (χ2v) is 6.93. The molecule has 2 saturated carbocycles. The first-order valence-electron chi connectivity index (χ1n) is 7.69. The summed E-state index contributed by atoms with van der Waals surface area (Å²) in [7, 11) is 0. The number of nitrogens with zero attached hydrogens (tertiary/aromatic N) is 1. The number of hydrogen-bond donors (Lipinski definition) is 3. The molecule has 0 aromatic rings. The number of rotatable bonds is 3. The second kappa shape index (κ2) is 5.62. The van der Waals surface area contributed by atoms with Crippen LogP contribution in [-0.2, 0) is 4.79 Å². The third-order valence-corrected chi connectivity index (χ3v) is 5.45. The van der Waals surface area contributed by atoms with E-state index in [-0.39, 0.29) is 17.8 Å². The van der Waals surface area contributed by atoms with Crippen LogP contribution < -0.4 is 11.1 Å². The van der Waals surface area contributed by atoms with E-state index in [1.165, 1.54) is 6.42 Å². The van der Waals surface area contributed by atoms with E-state index in [1.807, 2.05) is 0 Å². The van der Waals surface area contributed by atoms with Crippen molar-refractivity contribution in [3.05, 3.63) is 0 Å². The van der Waals surface area contributed by atoms with Crippen LogP contribution >= 0.6 is 0 Å². The molecule has 0 radical (unpaired) electrons. The van der Waals surface area contributed by atoms with Crippen LogP contribution in [0, 0.1) is 23.2 Å². The summed E-state index contributed by atoms with van der Waals surface area (Å²) in [6.45, 7) is 6.53. The Morgan fingerprint density at radius 3 is 2.50 bits per heavy atom. The number of carbonyl (C=O) groups is 1. The van der Waals surface area contributed by atoms with E-state index in [1.54, 1.807) is 0 Å². The minimum absolute atomic E-state index is 0.0585. The molecule has 5 heteroatoms. The van der Waals surface area contributed by atoms with Crippen LogP contribution in [-0.4, -0.2) is 23.0 Å². The molecule has 0 aromatic carbocycles. The minimum Gasteiger partial charge on any atom is -0.409 e.